The average molecular weight is 729 g/mol. The lowest BCUT2D eigenvalue weighted by atomic mass is 9.80. The van der Waals surface area contributed by atoms with Gasteiger partial charge in [-0.1, -0.05) is 172 Å². The third-order valence-corrected chi connectivity index (χ3v) is 13.8. The number of hydrogen-bond acceptors (Lipinski definition) is 1. The van der Waals surface area contributed by atoms with Gasteiger partial charge in [-0.3, -0.25) is 0 Å². The first-order valence-corrected chi connectivity index (χ1v) is 20.4. The van der Waals surface area contributed by atoms with Crippen LogP contribution in [0, 0.1) is 0 Å². The SMILES string of the molecule is CC1(C)c2ccc(-c3ccc(-c4c5ccccc5c(-c5ccccc5)c5ccccc45)c4ccccc34)cc2-c2ccc3cc4c(cc3c21)sc1ccccc14. The van der Waals surface area contributed by atoms with E-state index < -0.39 is 0 Å². The third kappa shape index (κ3) is 4.41. The molecule has 262 valence electrons. The topological polar surface area (TPSA) is 0 Å². The van der Waals surface area contributed by atoms with Crippen LogP contribution in [0.3, 0.4) is 0 Å². The van der Waals surface area contributed by atoms with E-state index in [9.17, 15) is 0 Å². The molecule has 0 fully saturated rings. The van der Waals surface area contributed by atoms with E-state index >= 15 is 0 Å². The molecular formula is C55H36S. The van der Waals surface area contributed by atoms with Gasteiger partial charge in [0.25, 0.3) is 0 Å². The van der Waals surface area contributed by atoms with Crippen molar-refractivity contribution >= 4 is 74.6 Å². The van der Waals surface area contributed by atoms with Crippen LogP contribution < -0.4 is 0 Å². The number of rotatable bonds is 3. The molecule has 1 aromatic heterocycles. The lowest BCUT2D eigenvalue weighted by molar-refractivity contribution is 0.666. The van der Waals surface area contributed by atoms with Crippen LogP contribution in [0.5, 0.6) is 0 Å². The van der Waals surface area contributed by atoms with Gasteiger partial charge in [-0.05, 0) is 123 Å². The fraction of sp³-hybridized carbons (Fsp3) is 0.0545. The molecule has 1 aliphatic rings. The van der Waals surface area contributed by atoms with Crippen molar-refractivity contribution in [3.63, 3.8) is 0 Å². The van der Waals surface area contributed by atoms with Crippen LogP contribution in [-0.4, -0.2) is 0 Å². The van der Waals surface area contributed by atoms with E-state index in [1.165, 1.54) is 119 Å². The summed E-state index contributed by atoms with van der Waals surface area (Å²) < 4.78 is 2.71. The first-order valence-electron chi connectivity index (χ1n) is 19.6. The maximum absolute atomic E-state index is 2.47. The molecule has 1 aliphatic carbocycles. The molecule has 0 aliphatic heterocycles. The van der Waals surface area contributed by atoms with Crippen molar-refractivity contribution in [1.82, 2.24) is 0 Å². The van der Waals surface area contributed by atoms with Gasteiger partial charge in [-0.25, -0.2) is 0 Å². The largest absolute Gasteiger partial charge is 0.135 e. The van der Waals surface area contributed by atoms with E-state index in [1.807, 2.05) is 11.3 Å². The van der Waals surface area contributed by atoms with E-state index in [-0.39, 0.29) is 5.41 Å². The second-order valence-corrected chi connectivity index (χ2v) is 17.0. The fourth-order valence-electron chi connectivity index (χ4n) is 10.2. The summed E-state index contributed by atoms with van der Waals surface area (Å²) in [6.45, 7) is 4.82. The fourth-order valence-corrected chi connectivity index (χ4v) is 11.3. The summed E-state index contributed by atoms with van der Waals surface area (Å²) in [6.07, 6.45) is 0. The Labute approximate surface area is 329 Å². The summed E-state index contributed by atoms with van der Waals surface area (Å²) in [7, 11) is 0. The van der Waals surface area contributed by atoms with Crippen LogP contribution in [-0.2, 0) is 5.41 Å². The second-order valence-electron chi connectivity index (χ2n) is 16.0. The lowest BCUT2D eigenvalue weighted by Gasteiger charge is -2.23. The van der Waals surface area contributed by atoms with Gasteiger partial charge in [0.1, 0.15) is 0 Å². The zero-order valence-electron chi connectivity index (χ0n) is 31.2. The summed E-state index contributed by atoms with van der Waals surface area (Å²) in [5.74, 6) is 0. The summed E-state index contributed by atoms with van der Waals surface area (Å²) in [4.78, 5) is 0. The van der Waals surface area contributed by atoms with E-state index in [1.54, 1.807) is 0 Å². The Hall–Kier alpha value is -6.54. The normalized spacial score (nSPS) is 13.3. The Morgan fingerprint density at radius 3 is 1.62 bits per heavy atom. The van der Waals surface area contributed by atoms with Gasteiger partial charge in [0, 0.05) is 25.6 Å². The molecule has 11 aromatic rings. The maximum atomic E-state index is 2.47. The molecule has 0 spiro atoms. The highest BCUT2D eigenvalue weighted by Gasteiger charge is 2.37. The van der Waals surface area contributed by atoms with E-state index in [0.29, 0.717) is 0 Å². The lowest BCUT2D eigenvalue weighted by Crippen LogP contribution is -2.15. The number of fused-ring (bicyclic) bond motifs is 11. The Morgan fingerprint density at radius 2 is 0.911 bits per heavy atom. The molecule has 1 heteroatoms. The minimum Gasteiger partial charge on any atom is -0.135 e. The molecule has 0 bridgehead atoms. The van der Waals surface area contributed by atoms with Crippen molar-refractivity contribution in [2.45, 2.75) is 19.3 Å². The average Bonchev–Trinajstić information content (AvgIpc) is 3.72. The van der Waals surface area contributed by atoms with Crippen molar-refractivity contribution in [2.75, 3.05) is 0 Å². The standard InChI is InChI=1S/C55H36S/c1-55(2)49-29-25-34(30-47(49)45-26-24-35-31-48-39-18-12-13-23-50(39)56-51(48)32-46(35)54(45)55)36-27-28-44(38-17-7-6-16-37(36)38)53-42-21-10-8-19-40(42)52(33-14-4-3-5-15-33)41-20-9-11-22-43(41)53/h3-32H,1-2H3. The Morgan fingerprint density at radius 1 is 0.339 bits per heavy atom. The minimum atomic E-state index is -0.118. The van der Waals surface area contributed by atoms with Crippen LogP contribution in [0.15, 0.2) is 182 Å². The molecule has 0 unspecified atom stereocenters. The molecule has 10 aromatic carbocycles. The first-order chi connectivity index (χ1) is 27.5. The highest BCUT2D eigenvalue weighted by atomic mass is 32.1. The highest BCUT2D eigenvalue weighted by molar-refractivity contribution is 7.25. The van der Waals surface area contributed by atoms with Gasteiger partial charge in [0.05, 0.1) is 0 Å². The molecular weight excluding hydrogens is 693 g/mol. The first kappa shape index (κ1) is 31.8. The van der Waals surface area contributed by atoms with Crippen molar-refractivity contribution in [3.8, 4) is 44.5 Å². The van der Waals surface area contributed by atoms with Crippen molar-refractivity contribution in [1.29, 1.82) is 0 Å². The van der Waals surface area contributed by atoms with E-state index in [0.717, 1.165) is 0 Å². The van der Waals surface area contributed by atoms with Crippen LogP contribution >= 0.6 is 11.3 Å². The van der Waals surface area contributed by atoms with Crippen molar-refractivity contribution < 1.29 is 0 Å². The molecule has 56 heavy (non-hydrogen) atoms. The van der Waals surface area contributed by atoms with Gasteiger partial charge in [-0.2, -0.15) is 0 Å². The molecule has 0 saturated carbocycles. The quantitative estimate of drug-likeness (QED) is 0.159. The maximum Gasteiger partial charge on any atom is 0.0361 e. The predicted molar refractivity (Wildman–Crippen MR) is 243 cm³/mol. The van der Waals surface area contributed by atoms with E-state index in [2.05, 4.69) is 196 Å². The zero-order valence-corrected chi connectivity index (χ0v) is 32.0. The molecule has 0 nitrogen and oxygen atoms in total. The molecule has 1 heterocycles. The van der Waals surface area contributed by atoms with Gasteiger partial charge < -0.3 is 0 Å². The minimum absolute atomic E-state index is 0.118. The molecule has 0 amide bonds. The number of benzene rings is 10. The van der Waals surface area contributed by atoms with Crippen molar-refractivity contribution in [2.24, 2.45) is 0 Å². The summed E-state index contributed by atoms with van der Waals surface area (Å²) >= 11 is 1.91. The Kier molecular flexibility index (Phi) is 6.66. The summed E-state index contributed by atoms with van der Waals surface area (Å²) in [5.41, 5.74) is 13.1. The van der Waals surface area contributed by atoms with Gasteiger partial charge in [0.2, 0.25) is 0 Å². The van der Waals surface area contributed by atoms with Crippen LogP contribution in [0.2, 0.25) is 0 Å². The van der Waals surface area contributed by atoms with Gasteiger partial charge in [-0.15, -0.1) is 11.3 Å². The van der Waals surface area contributed by atoms with E-state index in [4.69, 9.17) is 0 Å². The summed E-state index contributed by atoms with van der Waals surface area (Å²) in [5, 5.41) is 13.1. The zero-order chi connectivity index (χ0) is 37.1. The second kappa shape index (κ2) is 11.7. The Balaban J connectivity index is 1.06. The number of hydrogen-bond donors (Lipinski definition) is 0. The smallest absolute Gasteiger partial charge is 0.0361 e. The van der Waals surface area contributed by atoms with Crippen LogP contribution in [0.1, 0.15) is 25.0 Å². The molecule has 0 radical (unpaired) electrons. The molecule has 0 saturated heterocycles. The summed E-state index contributed by atoms with van der Waals surface area (Å²) in [6, 6.07) is 68.2. The molecule has 0 atom stereocenters. The molecule has 0 N–H and O–H groups in total. The van der Waals surface area contributed by atoms with Crippen LogP contribution in [0.4, 0.5) is 0 Å². The highest BCUT2D eigenvalue weighted by Crippen LogP contribution is 2.54. The van der Waals surface area contributed by atoms with Gasteiger partial charge in [0.15, 0.2) is 0 Å². The number of thiophene rings is 1. The molecule has 12 rings (SSSR count). The van der Waals surface area contributed by atoms with Crippen molar-refractivity contribution in [3.05, 3.63) is 193 Å². The monoisotopic (exact) mass is 728 g/mol. The van der Waals surface area contributed by atoms with Crippen LogP contribution in [0.25, 0.3) is 108 Å². The van der Waals surface area contributed by atoms with Gasteiger partial charge >= 0.3 is 0 Å². The predicted octanol–water partition coefficient (Wildman–Crippen LogP) is 16.0. The third-order valence-electron chi connectivity index (χ3n) is 12.6. The Bertz CT molecular complexity index is 3380.